The number of fused-ring (bicyclic) bond motifs is 5. The predicted molar refractivity (Wildman–Crippen MR) is 107 cm³/mol. The molecular weight excluding hydrogens is 340 g/mol. The molecule has 6 heteroatoms. The monoisotopic (exact) mass is 374 g/mol. The van der Waals surface area contributed by atoms with Crippen molar-refractivity contribution in [3.05, 3.63) is 12.2 Å². The van der Waals surface area contributed by atoms with Crippen LogP contribution < -0.4 is 10.6 Å². The van der Waals surface area contributed by atoms with Gasteiger partial charge in [0.05, 0.1) is 11.8 Å². The number of carbonyl (C=O) groups is 2. The predicted octanol–water partition coefficient (Wildman–Crippen LogP) is 2.17. The second-order valence-corrected chi connectivity index (χ2v) is 9.18. The van der Waals surface area contributed by atoms with Gasteiger partial charge in [0.25, 0.3) is 0 Å². The molecule has 0 aromatic carbocycles. The van der Waals surface area contributed by atoms with E-state index in [0.717, 1.165) is 31.9 Å². The third-order valence-electron chi connectivity index (χ3n) is 5.88. The highest BCUT2D eigenvalue weighted by atomic mass is 16.2. The lowest BCUT2D eigenvalue weighted by Gasteiger charge is -2.19. The van der Waals surface area contributed by atoms with Crippen LogP contribution in [0.15, 0.2) is 17.1 Å². The van der Waals surface area contributed by atoms with Gasteiger partial charge in [-0.2, -0.15) is 0 Å². The van der Waals surface area contributed by atoms with Crippen LogP contribution in [0.1, 0.15) is 47.0 Å². The smallest absolute Gasteiger partial charge is 0.233 e. The van der Waals surface area contributed by atoms with Crippen molar-refractivity contribution in [2.75, 3.05) is 26.2 Å². The summed E-state index contributed by atoms with van der Waals surface area (Å²) in [4.78, 5) is 31.4. The Balaban J connectivity index is 1.46. The third-order valence-corrected chi connectivity index (χ3v) is 5.88. The Hall–Kier alpha value is -1.85. The van der Waals surface area contributed by atoms with Crippen molar-refractivity contribution in [1.82, 2.24) is 15.5 Å². The molecule has 1 heterocycles. The van der Waals surface area contributed by atoms with E-state index in [2.05, 4.69) is 48.5 Å². The van der Waals surface area contributed by atoms with E-state index in [1.807, 2.05) is 6.92 Å². The zero-order chi connectivity index (χ0) is 19.6. The first-order chi connectivity index (χ1) is 12.8. The molecule has 0 aromatic rings. The maximum Gasteiger partial charge on any atom is 0.233 e. The lowest BCUT2D eigenvalue weighted by Crippen LogP contribution is -2.39. The normalized spacial score (nSPS) is 29.6. The van der Waals surface area contributed by atoms with Gasteiger partial charge in [-0.05, 0) is 43.4 Å². The van der Waals surface area contributed by atoms with Gasteiger partial charge in [-0.1, -0.05) is 32.9 Å². The Bertz CT molecular complexity index is 605. The van der Waals surface area contributed by atoms with E-state index in [-0.39, 0.29) is 40.9 Å². The van der Waals surface area contributed by atoms with E-state index in [1.165, 1.54) is 4.90 Å². The molecule has 27 heavy (non-hydrogen) atoms. The molecule has 2 N–H and O–H groups in total. The van der Waals surface area contributed by atoms with Crippen LogP contribution in [0.5, 0.6) is 0 Å². The number of nitrogens with one attached hydrogen (secondary N) is 2. The molecule has 2 fully saturated rings. The fourth-order valence-corrected chi connectivity index (χ4v) is 4.50. The first-order valence-electron chi connectivity index (χ1n) is 10.4. The summed E-state index contributed by atoms with van der Waals surface area (Å²) in [5, 5.41) is 6.61. The van der Waals surface area contributed by atoms with E-state index in [9.17, 15) is 9.59 Å². The van der Waals surface area contributed by atoms with Crippen LogP contribution in [0.25, 0.3) is 0 Å². The van der Waals surface area contributed by atoms with Crippen LogP contribution in [-0.4, -0.2) is 48.9 Å². The molecule has 1 aliphatic heterocycles. The highest BCUT2D eigenvalue weighted by Crippen LogP contribution is 2.52. The number of amides is 2. The summed E-state index contributed by atoms with van der Waals surface area (Å²) < 4.78 is 0. The largest absolute Gasteiger partial charge is 0.357 e. The molecular formula is C21H34N4O2. The van der Waals surface area contributed by atoms with Crippen molar-refractivity contribution >= 4 is 17.8 Å². The molecule has 1 saturated heterocycles. The number of hydrogen-bond acceptors (Lipinski definition) is 3. The summed E-state index contributed by atoms with van der Waals surface area (Å²) in [7, 11) is 0. The van der Waals surface area contributed by atoms with Gasteiger partial charge in [-0.25, -0.2) is 0 Å². The van der Waals surface area contributed by atoms with Crippen LogP contribution in [0.3, 0.4) is 0 Å². The number of aliphatic imine (C=N–C) groups is 1. The second-order valence-electron chi connectivity index (χ2n) is 9.18. The second kappa shape index (κ2) is 8.03. The molecule has 1 saturated carbocycles. The molecule has 3 aliphatic rings. The van der Waals surface area contributed by atoms with Crippen molar-refractivity contribution in [2.45, 2.75) is 47.0 Å². The van der Waals surface area contributed by atoms with E-state index >= 15 is 0 Å². The molecule has 6 nitrogen and oxygen atoms in total. The number of allylic oxidation sites excluding steroid dienone is 2. The lowest BCUT2D eigenvalue weighted by molar-refractivity contribution is -0.140. The molecule has 0 aromatic heterocycles. The summed E-state index contributed by atoms with van der Waals surface area (Å²) >= 11 is 0. The Labute approximate surface area is 162 Å². The van der Waals surface area contributed by atoms with Crippen molar-refractivity contribution in [3.8, 4) is 0 Å². The summed E-state index contributed by atoms with van der Waals surface area (Å²) in [6, 6.07) is 0. The van der Waals surface area contributed by atoms with Crippen molar-refractivity contribution < 1.29 is 9.59 Å². The first-order valence-corrected chi connectivity index (χ1v) is 10.4. The van der Waals surface area contributed by atoms with Crippen molar-refractivity contribution in [3.63, 3.8) is 0 Å². The summed E-state index contributed by atoms with van der Waals surface area (Å²) in [6.45, 7) is 11.5. The van der Waals surface area contributed by atoms with Crippen LogP contribution >= 0.6 is 0 Å². The summed E-state index contributed by atoms with van der Waals surface area (Å²) in [5.41, 5.74) is 0.285. The number of rotatable bonds is 7. The van der Waals surface area contributed by atoms with E-state index in [0.29, 0.717) is 19.5 Å². The number of imide groups is 1. The van der Waals surface area contributed by atoms with Gasteiger partial charge in [0.2, 0.25) is 11.8 Å². The van der Waals surface area contributed by atoms with Gasteiger partial charge in [0.15, 0.2) is 5.96 Å². The quantitative estimate of drug-likeness (QED) is 0.235. The maximum absolute atomic E-state index is 12.7. The van der Waals surface area contributed by atoms with Gasteiger partial charge in [-0.3, -0.25) is 19.5 Å². The van der Waals surface area contributed by atoms with Crippen LogP contribution in [0.2, 0.25) is 0 Å². The molecule has 2 bridgehead atoms. The zero-order valence-electron chi connectivity index (χ0n) is 17.1. The van der Waals surface area contributed by atoms with Crippen molar-refractivity contribution in [2.24, 2.45) is 34.1 Å². The SMILES string of the molecule is CCNC(=NCCCN1C(=O)C2C3C=CC(C3)C2C1=O)NCCC(C)(C)C. The molecule has 3 rings (SSSR count). The third kappa shape index (κ3) is 4.36. The Morgan fingerprint density at radius 1 is 1.15 bits per heavy atom. The Morgan fingerprint density at radius 2 is 1.78 bits per heavy atom. The molecule has 2 amide bonds. The van der Waals surface area contributed by atoms with E-state index < -0.39 is 0 Å². The number of likely N-dealkylation sites (tertiary alicyclic amines) is 1. The Kier molecular flexibility index (Phi) is 5.92. The first kappa shape index (κ1) is 19.9. The molecule has 2 aliphatic carbocycles. The minimum atomic E-state index is -0.0904. The van der Waals surface area contributed by atoms with E-state index in [4.69, 9.17) is 0 Å². The fraction of sp³-hybridized carbons (Fsp3) is 0.762. The van der Waals surface area contributed by atoms with Gasteiger partial charge >= 0.3 is 0 Å². The van der Waals surface area contributed by atoms with Gasteiger partial charge in [0, 0.05) is 26.2 Å². The number of carbonyl (C=O) groups excluding carboxylic acids is 2. The molecule has 150 valence electrons. The van der Waals surface area contributed by atoms with E-state index in [1.54, 1.807) is 0 Å². The average Bonchev–Trinajstić information content (AvgIpc) is 3.26. The van der Waals surface area contributed by atoms with Crippen molar-refractivity contribution in [1.29, 1.82) is 0 Å². The number of guanidine groups is 1. The minimum absolute atomic E-state index is 0.0426. The van der Waals surface area contributed by atoms with Crippen LogP contribution in [0.4, 0.5) is 0 Å². The number of hydrogen-bond donors (Lipinski definition) is 2. The zero-order valence-corrected chi connectivity index (χ0v) is 17.1. The lowest BCUT2D eigenvalue weighted by atomic mass is 9.85. The van der Waals surface area contributed by atoms with Gasteiger partial charge < -0.3 is 10.6 Å². The molecule has 0 radical (unpaired) electrons. The molecule has 4 atom stereocenters. The van der Waals surface area contributed by atoms with Gasteiger partial charge in [-0.15, -0.1) is 0 Å². The average molecular weight is 375 g/mol. The standard InChI is InChI=1S/C21H34N4O2/c1-5-22-20(24-11-9-21(2,3)4)23-10-6-12-25-18(26)16-14-7-8-15(13-14)17(16)19(25)27/h7-8,14-17H,5-6,9-13H2,1-4H3,(H2,22,23,24). The molecule has 0 spiro atoms. The molecule has 4 unspecified atom stereocenters. The van der Waals surface area contributed by atoms with Gasteiger partial charge in [0.1, 0.15) is 0 Å². The minimum Gasteiger partial charge on any atom is -0.357 e. The summed E-state index contributed by atoms with van der Waals surface area (Å²) in [5.74, 6) is 1.28. The van der Waals surface area contributed by atoms with Crippen LogP contribution in [-0.2, 0) is 9.59 Å². The maximum atomic E-state index is 12.7. The number of nitrogens with zero attached hydrogens (tertiary/aromatic N) is 2. The topological polar surface area (TPSA) is 73.8 Å². The fourth-order valence-electron chi connectivity index (χ4n) is 4.50. The van der Waals surface area contributed by atoms with Crippen LogP contribution in [0, 0.1) is 29.1 Å². The Morgan fingerprint density at radius 3 is 2.33 bits per heavy atom. The highest BCUT2D eigenvalue weighted by molar-refractivity contribution is 6.06. The highest BCUT2D eigenvalue weighted by Gasteiger charge is 2.58. The summed E-state index contributed by atoms with van der Waals surface area (Å²) in [6.07, 6.45) is 7.02.